The fourth-order valence-corrected chi connectivity index (χ4v) is 2.98. The van der Waals surface area contributed by atoms with Crippen LogP contribution in [0.4, 0.5) is 10.6 Å². The highest BCUT2D eigenvalue weighted by Crippen LogP contribution is 2.26. The molecule has 2 heterocycles. The van der Waals surface area contributed by atoms with Gasteiger partial charge >= 0.3 is 6.03 Å². The van der Waals surface area contributed by atoms with E-state index in [0.29, 0.717) is 18.8 Å². The molecule has 8 heteroatoms. The molecular weight excluding hydrogens is 356 g/mol. The normalized spacial score (nSPS) is 19.8. The van der Waals surface area contributed by atoms with Gasteiger partial charge in [-0.2, -0.15) is 5.10 Å². The summed E-state index contributed by atoms with van der Waals surface area (Å²) in [4.78, 5) is 24.4. The van der Waals surface area contributed by atoms with Gasteiger partial charge in [0.15, 0.2) is 6.29 Å². The SMILES string of the molecule is CC1CC(=O)NC(n2nc(C(C)(C)C)cc2NC(=O)NCc2ccccc2)N1. The first-order valence-electron chi connectivity index (χ1n) is 9.46. The lowest BCUT2D eigenvalue weighted by atomic mass is 9.92. The van der Waals surface area contributed by atoms with Crippen LogP contribution in [0.1, 0.15) is 51.7 Å². The maximum atomic E-state index is 12.4. The van der Waals surface area contributed by atoms with E-state index in [9.17, 15) is 9.59 Å². The van der Waals surface area contributed by atoms with Gasteiger partial charge < -0.3 is 10.6 Å². The summed E-state index contributed by atoms with van der Waals surface area (Å²) >= 11 is 0. The van der Waals surface area contributed by atoms with Gasteiger partial charge in [0.2, 0.25) is 5.91 Å². The molecule has 1 aliphatic rings. The minimum Gasteiger partial charge on any atom is -0.334 e. The highest BCUT2D eigenvalue weighted by Gasteiger charge is 2.29. The number of urea groups is 1. The van der Waals surface area contributed by atoms with Crippen LogP contribution >= 0.6 is 0 Å². The number of anilines is 1. The van der Waals surface area contributed by atoms with Crippen LogP contribution < -0.4 is 21.3 Å². The first-order chi connectivity index (χ1) is 13.2. The number of amides is 3. The number of hydrogen-bond donors (Lipinski definition) is 4. The quantitative estimate of drug-likeness (QED) is 0.651. The minimum absolute atomic E-state index is 0.0146. The van der Waals surface area contributed by atoms with Gasteiger partial charge in [0.25, 0.3) is 0 Å². The third-order valence-corrected chi connectivity index (χ3v) is 4.52. The summed E-state index contributed by atoms with van der Waals surface area (Å²) in [5.41, 5.74) is 1.63. The van der Waals surface area contributed by atoms with E-state index in [2.05, 4.69) is 47.1 Å². The molecular formula is C20H28N6O2. The molecule has 1 aliphatic heterocycles. The molecule has 0 spiro atoms. The third kappa shape index (κ3) is 4.89. The molecule has 1 aromatic carbocycles. The van der Waals surface area contributed by atoms with Crippen molar-refractivity contribution in [3.8, 4) is 0 Å². The molecule has 150 valence electrons. The summed E-state index contributed by atoms with van der Waals surface area (Å²) in [5.74, 6) is 0.464. The molecule has 3 rings (SSSR count). The Kier molecular flexibility index (Phi) is 5.69. The number of carbonyl (C=O) groups is 2. The second-order valence-electron chi connectivity index (χ2n) is 8.14. The average molecular weight is 384 g/mol. The van der Waals surface area contributed by atoms with Crippen molar-refractivity contribution in [1.29, 1.82) is 0 Å². The second kappa shape index (κ2) is 8.02. The van der Waals surface area contributed by atoms with E-state index in [1.54, 1.807) is 4.68 Å². The highest BCUT2D eigenvalue weighted by atomic mass is 16.2. The van der Waals surface area contributed by atoms with E-state index in [0.717, 1.165) is 11.3 Å². The minimum atomic E-state index is -0.517. The van der Waals surface area contributed by atoms with Crippen LogP contribution in [0.25, 0.3) is 0 Å². The standard InChI is InChI=1S/C20H28N6O2/c1-13-10-17(27)24-18(22-13)26-16(11-15(25-26)20(2,3)4)23-19(28)21-12-14-8-6-5-7-9-14/h5-9,11,13,18,22H,10,12H2,1-4H3,(H,24,27)(H2,21,23,28). The Bertz CT molecular complexity index is 840. The van der Waals surface area contributed by atoms with Crippen molar-refractivity contribution < 1.29 is 9.59 Å². The van der Waals surface area contributed by atoms with Gasteiger partial charge in [-0.05, 0) is 12.5 Å². The van der Waals surface area contributed by atoms with Crippen molar-refractivity contribution in [2.24, 2.45) is 0 Å². The molecule has 2 atom stereocenters. The van der Waals surface area contributed by atoms with Gasteiger partial charge in [0.1, 0.15) is 5.82 Å². The number of benzene rings is 1. The number of hydrogen-bond acceptors (Lipinski definition) is 4. The van der Waals surface area contributed by atoms with Crippen LogP contribution in [0, 0.1) is 0 Å². The Morgan fingerprint density at radius 2 is 2.00 bits per heavy atom. The third-order valence-electron chi connectivity index (χ3n) is 4.52. The van der Waals surface area contributed by atoms with Crippen LogP contribution in [0.2, 0.25) is 0 Å². The molecule has 0 aliphatic carbocycles. The van der Waals surface area contributed by atoms with Crippen molar-refractivity contribution in [2.75, 3.05) is 5.32 Å². The van der Waals surface area contributed by atoms with E-state index < -0.39 is 6.29 Å². The number of rotatable bonds is 4. The van der Waals surface area contributed by atoms with Crippen LogP contribution in [-0.2, 0) is 16.8 Å². The molecule has 4 N–H and O–H groups in total. The van der Waals surface area contributed by atoms with Gasteiger partial charge in [0.05, 0.1) is 5.69 Å². The Morgan fingerprint density at radius 3 is 2.64 bits per heavy atom. The molecule has 2 unspecified atom stereocenters. The topological polar surface area (TPSA) is 100 Å². The van der Waals surface area contributed by atoms with Crippen LogP contribution in [0.15, 0.2) is 36.4 Å². The van der Waals surface area contributed by atoms with E-state index in [4.69, 9.17) is 0 Å². The maximum Gasteiger partial charge on any atom is 0.320 e. The van der Waals surface area contributed by atoms with Crippen molar-refractivity contribution >= 4 is 17.8 Å². The Labute approximate surface area is 165 Å². The lowest BCUT2D eigenvalue weighted by Gasteiger charge is -2.30. The zero-order valence-corrected chi connectivity index (χ0v) is 16.7. The number of nitrogens with one attached hydrogen (secondary N) is 4. The van der Waals surface area contributed by atoms with Crippen molar-refractivity contribution in [3.63, 3.8) is 0 Å². The molecule has 0 saturated carbocycles. The summed E-state index contributed by atoms with van der Waals surface area (Å²) in [6.45, 7) is 8.51. The molecule has 1 fully saturated rings. The number of carbonyl (C=O) groups excluding carboxylic acids is 2. The van der Waals surface area contributed by atoms with E-state index in [-0.39, 0.29) is 23.4 Å². The van der Waals surface area contributed by atoms with E-state index in [1.807, 2.05) is 43.3 Å². The Morgan fingerprint density at radius 1 is 1.29 bits per heavy atom. The Hall–Kier alpha value is -2.87. The highest BCUT2D eigenvalue weighted by molar-refractivity contribution is 5.88. The zero-order chi connectivity index (χ0) is 20.3. The molecule has 28 heavy (non-hydrogen) atoms. The molecule has 2 aromatic rings. The van der Waals surface area contributed by atoms with Crippen molar-refractivity contribution in [3.05, 3.63) is 47.7 Å². The maximum absolute atomic E-state index is 12.4. The second-order valence-corrected chi connectivity index (χ2v) is 8.14. The molecule has 1 saturated heterocycles. The lowest BCUT2D eigenvalue weighted by molar-refractivity contribution is -0.125. The average Bonchev–Trinajstić information content (AvgIpc) is 3.04. The summed E-state index contributed by atoms with van der Waals surface area (Å²) in [6.07, 6.45) is -0.110. The molecule has 0 radical (unpaired) electrons. The molecule has 3 amide bonds. The fraction of sp³-hybridized carbons (Fsp3) is 0.450. The van der Waals surface area contributed by atoms with E-state index >= 15 is 0 Å². The predicted octanol–water partition coefficient (Wildman–Crippen LogP) is 2.46. The summed E-state index contributed by atoms with van der Waals surface area (Å²) < 4.78 is 1.62. The van der Waals surface area contributed by atoms with E-state index in [1.165, 1.54) is 0 Å². The fourth-order valence-electron chi connectivity index (χ4n) is 2.98. The zero-order valence-electron chi connectivity index (χ0n) is 16.7. The van der Waals surface area contributed by atoms with Gasteiger partial charge in [-0.25, -0.2) is 9.48 Å². The molecule has 1 aromatic heterocycles. The van der Waals surface area contributed by atoms with Crippen LogP contribution in [0.5, 0.6) is 0 Å². The number of nitrogens with zero attached hydrogens (tertiary/aromatic N) is 2. The van der Waals surface area contributed by atoms with Crippen molar-refractivity contribution in [2.45, 2.75) is 58.4 Å². The smallest absolute Gasteiger partial charge is 0.320 e. The van der Waals surface area contributed by atoms with Gasteiger partial charge in [-0.3, -0.25) is 15.4 Å². The Balaban J connectivity index is 1.77. The van der Waals surface area contributed by atoms with Gasteiger partial charge in [-0.1, -0.05) is 51.1 Å². The van der Waals surface area contributed by atoms with Crippen LogP contribution in [-0.4, -0.2) is 27.8 Å². The summed E-state index contributed by atoms with van der Waals surface area (Å²) in [7, 11) is 0. The summed E-state index contributed by atoms with van der Waals surface area (Å²) in [5, 5.41) is 16.5. The molecule has 8 nitrogen and oxygen atoms in total. The predicted molar refractivity (Wildman–Crippen MR) is 108 cm³/mol. The first kappa shape index (κ1) is 19.9. The monoisotopic (exact) mass is 384 g/mol. The number of aromatic nitrogens is 2. The largest absolute Gasteiger partial charge is 0.334 e. The molecule has 0 bridgehead atoms. The van der Waals surface area contributed by atoms with Crippen molar-refractivity contribution in [1.82, 2.24) is 25.7 Å². The van der Waals surface area contributed by atoms with Crippen LogP contribution in [0.3, 0.4) is 0 Å². The lowest BCUT2D eigenvalue weighted by Crippen LogP contribution is -2.52. The van der Waals surface area contributed by atoms with Gasteiger partial charge in [-0.15, -0.1) is 0 Å². The summed E-state index contributed by atoms with van der Waals surface area (Å²) in [6, 6.07) is 11.2. The van der Waals surface area contributed by atoms with Gasteiger partial charge in [0, 0.05) is 30.5 Å². The first-order valence-corrected chi connectivity index (χ1v) is 9.46.